The summed E-state index contributed by atoms with van der Waals surface area (Å²) in [5.41, 5.74) is 2.48. The number of aryl methyl sites for hydroxylation is 1. The molecule has 22 heavy (non-hydrogen) atoms. The molecule has 0 heterocycles. The number of hydrogen-bond acceptors (Lipinski definition) is 3. The predicted molar refractivity (Wildman–Crippen MR) is 90.9 cm³/mol. The highest BCUT2D eigenvalue weighted by atomic mass is 35.5. The molecule has 2 aromatic carbocycles. The van der Waals surface area contributed by atoms with Crippen molar-refractivity contribution in [3.05, 3.63) is 53.1 Å². The molecule has 0 aliphatic heterocycles. The highest BCUT2D eigenvalue weighted by Gasteiger charge is 2.07. The molecule has 0 atom stereocenters. The molecule has 0 unspecified atom stereocenters. The van der Waals surface area contributed by atoms with Gasteiger partial charge in [0.05, 0.1) is 18.8 Å². The van der Waals surface area contributed by atoms with Gasteiger partial charge in [-0.1, -0.05) is 23.7 Å². The second kappa shape index (κ2) is 7.71. The topological polar surface area (TPSA) is 50.4 Å². The van der Waals surface area contributed by atoms with Crippen molar-refractivity contribution in [1.82, 2.24) is 0 Å². The molecule has 0 saturated heterocycles. The van der Waals surface area contributed by atoms with E-state index in [1.54, 1.807) is 12.1 Å². The Morgan fingerprint density at radius 1 is 1.18 bits per heavy atom. The van der Waals surface area contributed by atoms with Crippen LogP contribution in [0.5, 0.6) is 5.75 Å². The first-order valence-corrected chi connectivity index (χ1v) is 7.49. The molecule has 0 radical (unpaired) electrons. The van der Waals surface area contributed by atoms with Crippen LogP contribution in [0.15, 0.2) is 42.5 Å². The Bertz CT molecular complexity index is 659. The lowest BCUT2D eigenvalue weighted by Gasteiger charge is -2.13. The van der Waals surface area contributed by atoms with E-state index in [1.807, 2.05) is 44.2 Å². The fraction of sp³-hybridized carbons (Fsp3) is 0.235. The van der Waals surface area contributed by atoms with Gasteiger partial charge in [-0.25, -0.2) is 0 Å². The molecule has 0 saturated carbocycles. The number of halogens is 1. The van der Waals surface area contributed by atoms with Crippen molar-refractivity contribution in [2.75, 3.05) is 23.8 Å². The minimum atomic E-state index is -0.128. The van der Waals surface area contributed by atoms with E-state index in [4.69, 9.17) is 16.3 Å². The summed E-state index contributed by atoms with van der Waals surface area (Å²) in [6.07, 6.45) is 0. The quantitative estimate of drug-likeness (QED) is 0.843. The first-order valence-electron chi connectivity index (χ1n) is 7.12. The fourth-order valence-electron chi connectivity index (χ4n) is 2.03. The second-order valence-corrected chi connectivity index (χ2v) is 5.23. The van der Waals surface area contributed by atoms with Gasteiger partial charge in [-0.15, -0.1) is 0 Å². The zero-order chi connectivity index (χ0) is 15.9. The third kappa shape index (κ3) is 4.40. The Balaban J connectivity index is 1.95. The molecule has 0 spiro atoms. The zero-order valence-corrected chi connectivity index (χ0v) is 13.4. The maximum absolute atomic E-state index is 12.0. The van der Waals surface area contributed by atoms with E-state index in [9.17, 15) is 4.79 Å². The number of ether oxygens (including phenoxy) is 1. The SMILES string of the molecule is CCOc1ccccc1NCC(=O)Nc1ccc(Cl)cc1C. The van der Waals surface area contributed by atoms with E-state index >= 15 is 0 Å². The lowest BCUT2D eigenvalue weighted by molar-refractivity contribution is -0.114. The molecular formula is C17H19ClN2O2. The van der Waals surface area contributed by atoms with Crippen LogP contribution in [-0.2, 0) is 4.79 Å². The third-order valence-corrected chi connectivity index (χ3v) is 3.32. The molecule has 2 rings (SSSR count). The van der Waals surface area contributed by atoms with Crippen molar-refractivity contribution in [1.29, 1.82) is 0 Å². The van der Waals surface area contributed by atoms with Crippen LogP contribution in [0.25, 0.3) is 0 Å². The Hall–Kier alpha value is -2.20. The van der Waals surface area contributed by atoms with Crippen LogP contribution >= 0.6 is 11.6 Å². The fourth-order valence-corrected chi connectivity index (χ4v) is 2.26. The molecule has 0 bridgehead atoms. The average molecular weight is 319 g/mol. The van der Waals surface area contributed by atoms with Crippen molar-refractivity contribution in [3.8, 4) is 5.75 Å². The van der Waals surface area contributed by atoms with E-state index in [-0.39, 0.29) is 12.5 Å². The van der Waals surface area contributed by atoms with Crippen molar-refractivity contribution < 1.29 is 9.53 Å². The summed E-state index contributed by atoms with van der Waals surface area (Å²) in [7, 11) is 0. The Morgan fingerprint density at radius 3 is 2.68 bits per heavy atom. The summed E-state index contributed by atoms with van der Waals surface area (Å²) in [5.74, 6) is 0.609. The largest absolute Gasteiger partial charge is 0.492 e. The summed E-state index contributed by atoms with van der Waals surface area (Å²) in [5, 5.41) is 6.60. The Kier molecular flexibility index (Phi) is 5.67. The van der Waals surface area contributed by atoms with Gasteiger partial charge >= 0.3 is 0 Å². The predicted octanol–water partition coefficient (Wildman–Crippen LogP) is 4.10. The third-order valence-electron chi connectivity index (χ3n) is 3.09. The van der Waals surface area contributed by atoms with Crippen molar-refractivity contribution >= 4 is 28.9 Å². The van der Waals surface area contributed by atoms with E-state index < -0.39 is 0 Å². The number of carbonyl (C=O) groups is 1. The smallest absolute Gasteiger partial charge is 0.243 e. The molecule has 0 aliphatic rings. The standard InChI is InChI=1S/C17H19ClN2O2/c1-3-22-16-7-5-4-6-15(16)19-11-17(21)20-14-9-8-13(18)10-12(14)2/h4-10,19H,3,11H2,1-2H3,(H,20,21). The monoisotopic (exact) mass is 318 g/mol. The van der Waals surface area contributed by atoms with Crippen molar-refractivity contribution in [2.45, 2.75) is 13.8 Å². The lowest BCUT2D eigenvalue weighted by Crippen LogP contribution is -2.22. The van der Waals surface area contributed by atoms with Gasteiger partial charge < -0.3 is 15.4 Å². The van der Waals surface area contributed by atoms with Crippen LogP contribution in [0.4, 0.5) is 11.4 Å². The van der Waals surface area contributed by atoms with Gasteiger partial charge in [0, 0.05) is 10.7 Å². The number of benzene rings is 2. The van der Waals surface area contributed by atoms with Crippen molar-refractivity contribution in [3.63, 3.8) is 0 Å². The normalized spacial score (nSPS) is 10.1. The number of para-hydroxylation sites is 2. The molecule has 116 valence electrons. The highest BCUT2D eigenvalue weighted by molar-refractivity contribution is 6.30. The first kappa shape index (κ1) is 16.2. The number of amides is 1. The number of rotatable bonds is 6. The summed E-state index contributed by atoms with van der Waals surface area (Å²) in [4.78, 5) is 12.0. The van der Waals surface area contributed by atoms with Crippen LogP contribution < -0.4 is 15.4 Å². The van der Waals surface area contributed by atoms with Gasteiger partial charge in [0.25, 0.3) is 0 Å². The molecular weight excluding hydrogens is 300 g/mol. The van der Waals surface area contributed by atoms with Crippen molar-refractivity contribution in [2.24, 2.45) is 0 Å². The molecule has 2 N–H and O–H groups in total. The van der Waals surface area contributed by atoms with E-state index in [0.29, 0.717) is 11.6 Å². The molecule has 1 amide bonds. The zero-order valence-electron chi connectivity index (χ0n) is 12.7. The average Bonchev–Trinajstić information content (AvgIpc) is 2.49. The van der Waals surface area contributed by atoms with E-state index in [0.717, 1.165) is 22.7 Å². The van der Waals surface area contributed by atoms with Crippen LogP contribution in [0.1, 0.15) is 12.5 Å². The van der Waals surface area contributed by atoms with Crippen LogP contribution in [-0.4, -0.2) is 19.1 Å². The number of nitrogens with one attached hydrogen (secondary N) is 2. The molecule has 0 aliphatic carbocycles. The highest BCUT2D eigenvalue weighted by Crippen LogP contribution is 2.23. The van der Waals surface area contributed by atoms with Crippen LogP contribution in [0.3, 0.4) is 0 Å². The lowest BCUT2D eigenvalue weighted by atomic mass is 10.2. The van der Waals surface area contributed by atoms with Gasteiger partial charge in [-0.05, 0) is 49.7 Å². The van der Waals surface area contributed by atoms with Crippen LogP contribution in [0.2, 0.25) is 5.02 Å². The summed E-state index contributed by atoms with van der Waals surface area (Å²) in [6.45, 7) is 4.56. The van der Waals surface area contributed by atoms with E-state index in [2.05, 4.69) is 10.6 Å². The van der Waals surface area contributed by atoms with Gasteiger partial charge in [-0.2, -0.15) is 0 Å². The maximum Gasteiger partial charge on any atom is 0.243 e. The minimum Gasteiger partial charge on any atom is -0.492 e. The number of anilines is 2. The maximum atomic E-state index is 12.0. The summed E-state index contributed by atoms with van der Waals surface area (Å²) >= 11 is 5.90. The van der Waals surface area contributed by atoms with Gasteiger partial charge in [0.15, 0.2) is 0 Å². The second-order valence-electron chi connectivity index (χ2n) is 4.79. The number of carbonyl (C=O) groups excluding carboxylic acids is 1. The molecule has 0 aromatic heterocycles. The first-order chi connectivity index (χ1) is 10.6. The summed E-state index contributed by atoms with van der Waals surface area (Å²) in [6, 6.07) is 12.9. The molecule has 5 heteroatoms. The van der Waals surface area contributed by atoms with Gasteiger partial charge in [0.2, 0.25) is 5.91 Å². The molecule has 2 aromatic rings. The molecule has 0 fully saturated rings. The Morgan fingerprint density at radius 2 is 1.95 bits per heavy atom. The van der Waals surface area contributed by atoms with Gasteiger partial charge in [-0.3, -0.25) is 4.79 Å². The number of hydrogen-bond donors (Lipinski definition) is 2. The molecule has 4 nitrogen and oxygen atoms in total. The van der Waals surface area contributed by atoms with E-state index in [1.165, 1.54) is 0 Å². The minimum absolute atomic E-state index is 0.128. The Labute approximate surface area is 135 Å². The van der Waals surface area contributed by atoms with Crippen LogP contribution in [0, 0.1) is 6.92 Å². The summed E-state index contributed by atoms with van der Waals surface area (Å²) < 4.78 is 5.51. The van der Waals surface area contributed by atoms with Gasteiger partial charge in [0.1, 0.15) is 5.75 Å².